The third-order valence-electron chi connectivity index (χ3n) is 2.08. The normalized spacial score (nSPS) is 27.3. The highest BCUT2D eigenvalue weighted by Gasteiger charge is 2.14. The van der Waals surface area contributed by atoms with Gasteiger partial charge in [0.25, 0.3) is 0 Å². The molecule has 0 aliphatic carbocycles. The molecular formula is C9H18N. The van der Waals surface area contributed by atoms with Crippen LogP contribution in [0.4, 0.5) is 0 Å². The molecule has 1 radical (unpaired) electrons. The van der Waals surface area contributed by atoms with Gasteiger partial charge in [-0.3, -0.25) is 0 Å². The Kier molecular flexibility index (Phi) is 3.20. The van der Waals surface area contributed by atoms with E-state index >= 15 is 0 Å². The van der Waals surface area contributed by atoms with Gasteiger partial charge in [0.1, 0.15) is 0 Å². The summed E-state index contributed by atoms with van der Waals surface area (Å²) in [6, 6.07) is 0.703. The van der Waals surface area contributed by atoms with Crippen LogP contribution in [0.2, 0.25) is 0 Å². The van der Waals surface area contributed by atoms with Gasteiger partial charge < -0.3 is 0 Å². The molecule has 0 saturated carbocycles. The average Bonchev–Trinajstić information content (AvgIpc) is 1.88. The van der Waals surface area contributed by atoms with Crippen LogP contribution in [0.1, 0.15) is 39.5 Å². The maximum absolute atomic E-state index is 4.57. The van der Waals surface area contributed by atoms with Crippen molar-refractivity contribution in [3.8, 4) is 0 Å². The van der Waals surface area contributed by atoms with Gasteiger partial charge in [-0.15, -0.1) is 0 Å². The van der Waals surface area contributed by atoms with Crippen LogP contribution in [0.5, 0.6) is 0 Å². The van der Waals surface area contributed by atoms with E-state index in [2.05, 4.69) is 19.2 Å². The van der Waals surface area contributed by atoms with Crippen LogP contribution in [0.15, 0.2) is 0 Å². The molecule has 1 heterocycles. The molecular weight excluding hydrogens is 122 g/mol. The molecule has 1 aliphatic rings. The maximum atomic E-state index is 4.57. The van der Waals surface area contributed by atoms with Crippen molar-refractivity contribution < 1.29 is 0 Å². The van der Waals surface area contributed by atoms with Crippen LogP contribution in [0.3, 0.4) is 0 Å². The number of nitrogens with zero attached hydrogens (tertiary/aromatic N) is 1. The van der Waals surface area contributed by atoms with Crippen LogP contribution >= 0.6 is 0 Å². The highest BCUT2D eigenvalue weighted by molar-refractivity contribution is 4.72. The van der Waals surface area contributed by atoms with Gasteiger partial charge in [0.2, 0.25) is 0 Å². The number of rotatable bonds is 2. The van der Waals surface area contributed by atoms with Crippen LogP contribution in [-0.4, -0.2) is 12.6 Å². The summed E-state index contributed by atoms with van der Waals surface area (Å²) >= 11 is 0. The van der Waals surface area contributed by atoms with E-state index in [4.69, 9.17) is 0 Å². The summed E-state index contributed by atoms with van der Waals surface area (Å²) in [6.45, 7) is 5.69. The first-order valence-electron chi connectivity index (χ1n) is 4.45. The van der Waals surface area contributed by atoms with Gasteiger partial charge in [0.15, 0.2) is 0 Å². The van der Waals surface area contributed by atoms with Crippen molar-refractivity contribution in [3.63, 3.8) is 0 Å². The monoisotopic (exact) mass is 140 g/mol. The largest absolute Gasteiger partial charge is 0.238 e. The first-order chi connectivity index (χ1) is 4.79. The molecule has 10 heavy (non-hydrogen) atoms. The Balaban J connectivity index is 2.13. The first-order valence-corrected chi connectivity index (χ1v) is 4.45. The minimum Gasteiger partial charge on any atom is -0.238 e. The molecule has 1 rings (SSSR count). The fourth-order valence-electron chi connectivity index (χ4n) is 1.59. The van der Waals surface area contributed by atoms with Crippen LogP contribution < -0.4 is 5.32 Å². The van der Waals surface area contributed by atoms with E-state index in [9.17, 15) is 0 Å². The fourth-order valence-corrected chi connectivity index (χ4v) is 1.59. The molecule has 1 fully saturated rings. The molecule has 0 spiro atoms. The Morgan fingerprint density at radius 1 is 1.40 bits per heavy atom. The highest BCUT2D eigenvalue weighted by atomic mass is 14.9. The summed E-state index contributed by atoms with van der Waals surface area (Å²) < 4.78 is 0. The molecule has 0 bridgehead atoms. The van der Waals surface area contributed by atoms with Crippen molar-refractivity contribution in [2.24, 2.45) is 5.92 Å². The molecule has 59 valence electrons. The van der Waals surface area contributed by atoms with E-state index in [0.717, 1.165) is 12.5 Å². The van der Waals surface area contributed by atoms with Crippen LogP contribution in [0, 0.1) is 5.92 Å². The van der Waals surface area contributed by atoms with Crippen molar-refractivity contribution in [2.75, 3.05) is 6.54 Å². The lowest BCUT2D eigenvalue weighted by atomic mass is 9.96. The third-order valence-corrected chi connectivity index (χ3v) is 2.08. The Labute approximate surface area is 64.2 Å². The van der Waals surface area contributed by atoms with Gasteiger partial charge in [-0.25, -0.2) is 5.32 Å². The molecule has 0 N–H and O–H groups in total. The van der Waals surface area contributed by atoms with Crippen molar-refractivity contribution in [1.82, 2.24) is 5.32 Å². The molecule has 1 aliphatic heterocycles. The van der Waals surface area contributed by atoms with Crippen molar-refractivity contribution in [2.45, 2.75) is 45.6 Å². The number of hydrogen-bond acceptors (Lipinski definition) is 0. The van der Waals surface area contributed by atoms with Crippen LogP contribution in [-0.2, 0) is 0 Å². The van der Waals surface area contributed by atoms with E-state index in [0.29, 0.717) is 6.04 Å². The van der Waals surface area contributed by atoms with E-state index in [1.165, 1.54) is 25.7 Å². The van der Waals surface area contributed by atoms with Gasteiger partial charge in [-0.05, 0) is 25.2 Å². The quantitative estimate of drug-likeness (QED) is 0.558. The van der Waals surface area contributed by atoms with E-state index < -0.39 is 0 Å². The molecule has 1 atom stereocenters. The van der Waals surface area contributed by atoms with E-state index in [1.54, 1.807) is 0 Å². The molecule has 0 amide bonds. The average molecular weight is 140 g/mol. The molecule has 0 aromatic heterocycles. The molecule has 1 saturated heterocycles. The van der Waals surface area contributed by atoms with Gasteiger partial charge in [0, 0.05) is 12.6 Å². The minimum atomic E-state index is 0.703. The molecule has 1 nitrogen and oxygen atoms in total. The standard InChI is InChI=1S/C9H18N/c1-8(2)7-9-5-3-4-6-10-9/h8-9H,3-7H2,1-2H3. The number of hydrogen-bond donors (Lipinski definition) is 0. The Hall–Kier alpha value is -0.0400. The predicted molar refractivity (Wildman–Crippen MR) is 44.1 cm³/mol. The summed E-state index contributed by atoms with van der Waals surface area (Å²) in [5.41, 5.74) is 0. The summed E-state index contributed by atoms with van der Waals surface area (Å²) in [6.07, 6.45) is 5.38. The third kappa shape index (κ3) is 2.70. The fraction of sp³-hybridized carbons (Fsp3) is 1.00. The molecule has 1 unspecified atom stereocenters. The summed E-state index contributed by atoms with van der Waals surface area (Å²) in [5, 5.41) is 4.57. The molecule has 1 heteroatoms. The van der Waals surface area contributed by atoms with E-state index in [-0.39, 0.29) is 0 Å². The lowest BCUT2D eigenvalue weighted by Crippen LogP contribution is -2.28. The van der Waals surface area contributed by atoms with Gasteiger partial charge in [0.05, 0.1) is 0 Å². The molecule has 0 aromatic rings. The predicted octanol–water partition coefficient (Wildman–Crippen LogP) is 2.19. The lowest BCUT2D eigenvalue weighted by molar-refractivity contribution is 0.341. The van der Waals surface area contributed by atoms with Gasteiger partial charge >= 0.3 is 0 Å². The molecule has 0 aromatic carbocycles. The smallest absolute Gasteiger partial charge is 0.0248 e. The van der Waals surface area contributed by atoms with Gasteiger partial charge in [-0.2, -0.15) is 0 Å². The SMILES string of the molecule is CC(C)CC1CCCC[N]1. The van der Waals surface area contributed by atoms with Crippen LogP contribution in [0.25, 0.3) is 0 Å². The first kappa shape index (κ1) is 8.06. The number of piperidine rings is 1. The lowest BCUT2D eigenvalue weighted by Gasteiger charge is -2.22. The van der Waals surface area contributed by atoms with Crippen molar-refractivity contribution in [3.05, 3.63) is 0 Å². The van der Waals surface area contributed by atoms with E-state index in [1.807, 2.05) is 0 Å². The summed E-state index contributed by atoms with van der Waals surface area (Å²) in [5.74, 6) is 0.826. The maximum Gasteiger partial charge on any atom is 0.0248 e. The zero-order valence-corrected chi connectivity index (χ0v) is 7.14. The Morgan fingerprint density at radius 2 is 2.20 bits per heavy atom. The zero-order valence-electron chi connectivity index (χ0n) is 7.14. The minimum absolute atomic E-state index is 0.703. The topological polar surface area (TPSA) is 14.1 Å². The second-order valence-corrected chi connectivity index (χ2v) is 3.69. The van der Waals surface area contributed by atoms with Crippen molar-refractivity contribution in [1.29, 1.82) is 0 Å². The summed E-state index contributed by atoms with van der Waals surface area (Å²) in [4.78, 5) is 0. The highest BCUT2D eigenvalue weighted by Crippen LogP contribution is 2.15. The second kappa shape index (κ2) is 3.97. The Morgan fingerprint density at radius 3 is 2.70 bits per heavy atom. The van der Waals surface area contributed by atoms with Crippen molar-refractivity contribution >= 4 is 0 Å². The van der Waals surface area contributed by atoms with Gasteiger partial charge in [-0.1, -0.05) is 20.3 Å². The Bertz CT molecular complexity index is 82.7. The zero-order chi connectivity index (χ0) is 7.40. The second-order valence-electron chi connectivity index (χ2n) is 3.69. The summed E-state index contributed by atoms with van der Waals surface area (Å²) in [7, 11) is 0.